The van der Waals surface area contributed by atoms with Crippen LogP contribution in [0.15, 0.2) is 47.5 Å². The lowest BCUT2D eigenvalue weighted by Gasteiger charge is -2.24. The highest BCUT2D eigenvalue weighted by Gasteiger charge is 2.49. The van der Waals surface area contributed by atoms with Crippen LogP contribution in [0.2, 0.25) is 10.0 Å². The lowest BCUT2D eigenvalue weighted by molar-refractivity contribution is -0.117. The van der Waals surface area contributed by atoms with Gasteiger partial charge in [0.15, 0.2) is 15.0 Å². The molecule has 0 saturated carbocycles. The predicted molar refractivity (Wildman–Crippen MR) is 122 cm³/mol. The molecule has 0 bridgehead atoms. The van der Waals surface area contributed by atoms with E-state index < -0.39 is 9.84 Å². The fourth-order valence-corrected chi connectivity index (χ4v) is 7.88. The summed E-state index contributed by atoms with van der Waals surface area (Å²) in [5.41, 5.74) is 1.39. The molecule has 2 heterocycles. The first-order valence-corrected chi connectivity index (χ1v) is 12.6. The molecule has 0 aromatic heterocycles. The van der Waals surface area contributed by atoms with Gasteiger partial charge in [-0.05, 0) is 24.3 Å². The highest BCUT2D eigenvalue weighted by Crippen LogP contribution is 2.42. The number of thioether (sulfide) groups is 1. The number of aliphatic imine (C=N–C) groups is 1. The minimum Gasteiger partial charge on any atom is -0.496 e. The molecule has 2 fully saturated rings. The molecule has 2 aliphatic heterocycles. The number of ether oxygens (including phenoxy) is 1. The van der Waals surface area contributed by atoms with Crippen molar-refractivity contribution in [3.63, 3.8) is 0 Å². The molecule has 0 aliphatic carbocycles. The number of sulfone groups is 1. The molecule has 2 saturated heterocycles. The molecule has 0 radical (unpaired) electrons. The zero-order valence-electron chi connectivity index (χ0n) is 15.9. The first-order valence-electron chi connectivity index (χ1n) is 9.12. The molecule has 6 nitrogen and oxygen atoms in total. The van der Waals surface area contributed by atoms with E-state index in [1.54, 1.807) is 36.3 Å². The van der Waals surface area contributed by atoms with Crippen molar-refractivity contribution in [3.05, 3.63) is 58.1 Å². The van der Waals surface area contributed by atoms with Gasteiger partial charge in [-0.2, -0.15) is 4.99 Å². The molecule has 2 atom stereocenters. The highest BCUT2D eigenvalue weighted by molar-refractivity contribution is 8.16. The Labute approximate surface area is 189 Å². The fraction of sp³-hybridized carbons (Fsp3) is 0.300. The van der Waals surface area contributed by atoms with Crippen LogP contribution in [0.5, 0.6) is 5.75 Å². The van der Waals surface area contributed by atoms with E-state index >= 15 is 0 Å². The van der Waals surface area contributed by atoms with E-state index in [1.165, 1.54) is 11.8 Å². The van der Waals surface area contributed by atoms with Crippen molar-refractivity contribution in [1.82, 2.24) is 0 Å². The summed E-state index contributed by atoms with van der Waals surface area (Å²) in [5.74, 6) is 0.342. The van der Waals surface area contributed by atoms with Crippen LogP contribution in [-0.2, 0) is 21.1 Å². The SMILES string of the molecule is COc1ccccc1CC(=O)N=C1SC2CS(=O)(=O)CC2N1c1ccc(Cl)c(Cl)c1. The number of halogens is 2. The number of rotatable bonds is 4. The maximum absolute atomic E-state index is 12.7. The third-order valence-corrected chi connectivity index (χ3v) is 8.95. The maximum atomic E-state index is 12.7. The lowest BCUT2D eigenvalue weighted by atomic mass is 10.1. The summed E-state index contributed by atoms with van der Waals surface area (Å²) in [4.78, 5) is 18.9. The third-order valence-electron chi connectivity index (χ3n) is 5.00. The Bertz CT molecular complexity index is 1140. The summed E-state index contributed by atoms with van der Waals surface area (Å²) in [6.45, 7) is 0. The smallest absolute Gasteiger partial charge is 0.252 e. The van der Waals surface area contributed by atoms with E-state index in [4.69, 9.17) is 27.9 Å². The number of amides is 1. The van der Waals surface area contributed by atoms with Crippen molar-refractivity contribution in [2.75, 3.05) is 23.5 Å². The molecule has 4 rings (SSSR count). The quantitative estimate of drug-likeness (QED) is 0.655. The predicted octanol–water partition coefficient (Wildman–Crippen LogP) is 3.85. The van der Waals surface area contributed by atoms with E-state index in [2.05, 4.69) is 4.99 Å². The number of nitrogens with zero attached hydrogens (tertiary/aromatic N) is 2. The number of amidine groups is 1. The molecule has 158 valence electrons. The number of carbonyl (C=O) groups is 1. The van der Waals surface area contributed by atoms with Crippen LogP contribution in [0.1, 0.15) is 5.56 Å². The molecule has 2 unspecified atom stereocenters. The number of benzene rings is 2. The van der Waals surface area contributed by atoms with Crippen LogP contribution in [-0.4, -0.2) is 49.4 Å². The standard InChI is InChI=1S/C20H18Cl2N2O4S2/c1-28-17-5-3-2-4-12(17)8-19(25)23-20-24(13-6-7-14(21)15(22)9-13)16-10-30(26,27)11-18(16)29-20/h2-7,9,16,18H,8,10-11H2,1H3. The summed E-state index contributed by atoms with van der Waals surface area (Å²) in [5, 5.41) is 1.03. The second kappa shape index (κ2) is 8.42. The minimum absolute atomic E-state index is 0.00459. The minimum atomic E-state index is -3.15. The van der Waals surface area contributed by atoms with Gasteiger partial charge in [0.05, 0.1) is 41.1 Å². The van der Waals surface area contributed by atoms with E-state index in [0.29, 0.717) is 26.6 Å². The Balaban J connectivity index is 1.66. The summed E-state index contributed by atoms with van der Waals surface area (Å²) >= 11 is 13.5. The lowest BCUT2D eigenvalue weighted by Crippen LogP contribution is -2.37. The van der Waals surface area contributed by atoms with Gasteiger partial charge in [-0.3, -0.25) is 4.79 Å². The van der Waals surface area contributed by atoms with E-state index in [9.17, 15) is 13.2 Å². The van der Waals surface area contributed by atoms with Crippen molar-refractivity contribution in [2.45, 2.75) is 17.7 Å². The molecule has 0 spiro atoms. The van der Waals surface area contributed by atoms with Gasteiger partial charge in [-0.1, -0.05) is 53.2 Å². The number of para-hydroxylation sites is 1. The van der Waals surface area contributed by atoms with Gasteiger partial charge in [0.1, 0.15) is 5.75 Å². The van der Waals surface area contributed by atoms with E-state index in [1.807, 2.05) is 18.2 Å². The van der Waals surface area contributed by atoms with E-state index in [0.717, 1.165) is 5.56 Å². The Morgan fingerprint density at radius 1 is 1.20 bits per heavy atom. The average Bonchev–Trinajstić information content (AvgIpc) is 3.15. The molecule has 2 aromatic rings. The Morgan fingerprint density at radius 3 is 2.70 bits per heavy atom. The fourth-order valence-electron chi connectivity index (χ4n) is 3.66. The van der Waals surface area contributed by atoms with Gasteiger partial charge >= 0.3 is 0 Å². The Kier molecular flexibility index (Phi) is 6.03. The van der Waals surface area contributed by atoms with Crippen LogP contribution < -0.4 is 9.64 Å². The van der Waals surface area contributed by atoms with Crippen LogP contribution in [0.25, 0.3) is 0 Å². The summed E-state index contributed by atoms with van der Waals surface area (Å²) in [7, 11) is -1.60. The zero-order valence-corrected chi connectivity index (χ0v) is 19.1. The summed E-state index contributed by atoms with van der Waals surface area (Å²) < 4.78 is 29.7. The second-order valence-corrected chi connectivity index (χ2v) is 11.2. The van der Waals surface area contributed by atoms with Gasteiger partial charge < -0.3 is 9.64 Å². The van der Waals surface area contributed by atoms with Crippen molar-refractivity contribution in [3.8, 4) is 5.75 Å². The van der Waals surface area contributed by atoms with Crippen molar-refractivity contribution in [1.29, 1.82) is 0 Å². The van der Waals surface area contributed by atoms with Gasteiger partial charge in [0.25, 0.3) is 5.91 Å². The first kappa shape index (κ1) is 21.5. The topological polar surface area (TPSA) is 76.0 Å². The first-order chi connectivity index (χ1) is 14.3. The highest BCUT2D eigenvalue weighted by atomic mass is 35.5. The number of hydrogen-bond donors (Lipinski definition) is 0. The zero-order chi connectivity index (χ0) is 21.5. The van der Waals surface area contributed by atoms with Gasteiger partial charge in [0.2, 0.25) is 0 Å². The Morgan fingerprint density at radius 2 is 1.97 bits per heavy atom. The van der Waals surface area contributed by atoms with Crippen LogP contribution in [0.3, 0.4) is 0 Å². The van der Waals surface area contributed by atoms with Gasteiger partial charge in [0, 0.05) is 16.5 Å². The maximum Gasteiger partial charge on any atom is 0.252 e. The number of hydrogen-bond acceptors (Lipinski definition) is 5. The van der Waals surface area contributed by atoms with Crippen LogP contribution in [0, 0.1) is 0 Å². The number of anilines is 1. The molecular formula is C20H18Cl2N2O4S2. The van der Waals surface area contributed by atoms with Gasteiger partial charge in [-0.25, -0.2) is 8.42 Å². The monoisotopic (exact) mass is 484 g/mol. The molecule has 2 aliphatic rings. The van der Waals surface area contributed by atoms with E-state index in [-0.39, 0.29) is 35.1 Å². The molecule has 30 heavy (non-hydrogen) atoms. The number of carbonyl (C=O) groups excluding carboxylic acids is 1. The van der Waals surface area contributed by atoms with Crippen molar-refractivity contribution < 1.29 is 17.9 Å². The normalized spacial score (nSPS) is 23.6. The largest absolute Gasteiger partial charge is 0.496 e. The van der Waals surface area contributed by atoms with Crippen LogP contribution in [0.4, 0.5) is 5.69 Å². The summed E-state index contributed by atoms with van der Waals surface area (Å²) in [6, 6.07) is 12.0. The molecule has 1 amide bonds. The number of fused-ring (bicyclic) bond motifs is 1. The molecule has 10 heteroatoms. The average molecular weight is 485 g/mol. The van der Waals surface area contributed by atoms with Crippen molar-refractivity contribution in [2.24, 2.45) is 4.99 Å². The summed E-state index contributed by atoms with van der Waals surface area (Å²) in [6.07, 6.45) is 0.0803. The Hall–Kier alpha value is -1.74. The molecule has 2 aromatic carbocycles. The van der Waals surface area contributed by atoms with Gasteiger partial charge in [-0.15, -0.1) is 0 Å². The number of methoxy groups -OCH3 is 1. The molecule has 0 N–H and O–H groups in total. The van der Waals surface area contributed by atoms with Crippen LogP contribution >= 0.6 is 35.0 Å². The second-order valence-electron chi connectivity index (χ2n) is 7.05. The third kappa shape index (κ3) is 4.32. The van der Waals surface area contributed by atoms with Crippen molar-refractivity contribution >= 4 is 61.6 Å². The molecular weight excluding hydrogens is 467 g/mol.